The minimum absolute atomic E-state index is 0.161. The molecule has 4 heterocycles. The van der Waals surface area contributed by atoms with Gasteiger partial charge in [0, 0.05) is 49.8 Å². The topological polar surface area (TPSA) is 72.5 Å². The highest BCUT2D eigenvalue weighted by atomic mass is 32.1. The van der Waals surface area contributed by atoms with Crippen LogP contribution in [0.5, 0.6) is 0 Å². The molecule has 0 atom stereocenters. The number of aromatic nitrogens is 4. The molecule has 0 aromatic carbocycles. The second kappa shape index (κ2) is 7.03. The number of carbonyl (C=O) groups excluding carboxylic acids is 1. The Bertz CT molecular complexity index is 981. The summed E-state index contributed by atoms with van der Waals surface area (Å²) in [5.41, 5.74) is -0.118. The van der Waals surface area contributed by atoms with E-state index in [4.69, 9.17) is 0 Å². The van der Waals surface area contributed by atoms with Crippen molar-refractivity contribution in [3.8, 4) is 0 Å². The van der Waals surface area contributed by atoms with Crippen LogP contribution in [0.4, 0.5) is 0 Å². The molecule has 136 valence electrons. The third-order valence-electron chi connectivity index (χ3n) is 5.18. The van der Waals surface area contributed by atoms with Gasteiger partial charge < -0.3 is 9.47 Å². The van der Waals surface area contributed by atoms with Crippen LogP contribution < -0.4 is 5.56 Å². The van der Waals surface area contributed by atoms with Crippen LogP contribution in [-0.4, -0.2) is 42.8 Å². The number of fused-ring (bicyclic) bond motifs is 1. The van der Waals surface area contributed by atoms with Crippen molar-refractivity contribution in [3.05, 3.63) is 51.9 Å². The molecule has 0 N–H and O–H groups in total. The maximum atomic E-state index is 12.7. The maximum Gasteiger partial charge on any atom is 0.271 e. The summed E-state index contributed by atoms with van der Waals surface area (Å²) in [6.07, 6.45) is 9.94. The molecule has 1 fully saturated rings. The number of likely N-dealkylation sites (tertiary alicyclic amines) is 1. The quantitative estimate of drug-likeness (QED) is 0.705. The Balaban J connectivity index is 1.38. The van der Waals surface area contributed by atoms with E-state index in [1.165, 1.54) is 21.9 Å². The number of piperidine rings is 1. The van der Waals surface area contributed by atoms with Gasteiger partial charge in [-0.25, -0.2) is 9.97 Å². The molecule has 26 heavy (non-hydrogen) atoms. The molecule has 0 spiro atoms. The van der Waals surface area contributed by atoms with Crippen molar-refractivity contribution in [3.63, 3.8) is 0 Å². The number of rotatable bonds is 4. The minimum atomic E-state index is -0.279. The number of hydrogen-bond donors (Lipinski definition) is 0. The summed E-state index contributed by atoms with van der Waals surface area (Å²) >= 11 is 1.38. The molecule has 0 aliphatic carbocycles. The van der Waals surface area contributed by atoms with E-state index >= 15 is 0 Å². The van der Waals surface area contributed by atoms with Gasteiger partial charge in [-0.3, -0.25) is 14.0 Å². The molecule has 0 unspecified atom stereocenters. The Hall–Kier alpha value is -2.48. The smallest absolute Gasteiger partial charge is 0.271 e. The molecular weight excluding hydrogens is 350 g/mol. The van der Waals surface area contributed by atoms with E-state index < -0.39 is 0 Å². The van der Waals surface area contributed by atoms with Gasteiger partial charge in [0.05, 0.1) is 0 Å². The molecule has 0 radical (unpaired) electrons. The van der Waals surface area contributed by atoms with E-state index in [0.717, 1.165) is 31.6 Å². The van der Waals surface area contributed by atoms with E-state index in [-0.39, 0.29) is 17.0 Å². The van der Waals surface area contributed by atoms with Gasteiger partial charge in [-0.05, 0) is 32.1 Å². The van der Waals surface area contributed by atoms with Crippen LogP contribution in [0.25, 0.3) is 4.96 Å². The van der Waals surface area contributed by atoms with Crippen LogP contribution in [-0.2, 0) is 6.54 Å². The second-order valence-electron chi connectivity index (χ2n) is 6.72. The molecule has 0 bridgehead atoms. The number of amides is 1. The highest BCUT2D eigenvalue weighted by molar-refractivity contribution is 7.15. The van der Waals surface area contributed by atoms with Crippen LogP contribution in [0.3, 0.4) is 0 Å². The molecule has 7 nitrogen and oxygen atoms in total. The van der Waals surface area contributed by atoms with E-state index in [0.29, 0.717) is 24.0 Å². The van der Waals surface area contributed by atoms with E-state index in [9.17, 15) is 9.59 Å². The first-order chi connectivity index (χ1) is 12.6. The zero-order valence-corrected chi connectivity index (χ0v) is 15.5. The van der Waals surface area contributed by atoms with Gasteiger partial charge in [0.25, 0.3) is 11.5 Å². The van der Waals surface area contributed by atoms with Crippen LogP contribution in [0.2, 0.25) is 0 Å². The van der Waals surface area contributed by atoms with Crippen molar-refractivity contribution in [2.24, 2.45) is 5.92 Å². The van der Waals surface area contributed by atoms with Gasteiger partial charge in [-0.1, -0.05) is 0 Å². The first kappa shape index (κ1) is 17.0. The van der Waals surface area contributed by atoms with Crippen LogP contribution in [0.1, 0.15) is 35.4 Å². The highest BCUT2D eigenvalue weighted by Gasteiger charge is 2.26. The Morgan fingerprint density at radius 2 is 2.08 bits per heavy atom. The molecule has 3 aromatic heterocycles. The fourth-order valence-corrected chi connectivity index (χ4v) is 4.20. The van der Waals surface area contributed by atoms with Crippen LogP contribution >= 0.6 is 11.3 Å². The van der Waals surface area contributed by atoms with E-state index in [2.05, 4.69) is 14.5 Å². The van der Waals surface area contributed by atoms with Crippen molar-refractivity contribution in [1.29, 1.82) is 0 Å². The average molecular weight is 371 g/mol. The maximum absolute atomic E-state index is 12.7. The van der Waals surface area contributed by atoms with Crippen molar-refractivity contribution in [2.75, 3.05) is 13.1 Å². The molecule has 4 rings (SSSR count). The monoisotopic (exact) mass is 371 g/mol. The normalized spacial score (nSPS) is 15.7. The second-order valence-corrected chi connectivity index (χ2v) is 7.60. The zero-order chi connectivity index (χ0) is 18.1. The highest BCUT2D eigenvalue weighted by Crippen LogP contribution is 2.22. The SMILES string of the molecule is Cc1nccn1CCC1CCN(C(=O)c2cnc3sccn3c2=O)CC1. The third-order valence-corrected chi connectivity index (χ3v) is 5.95. The van der Waals surface area contributed by atoms with Gasteiger partial charge in [0.15, 0.2) is 4.96 Å². The summed E-state index contributed by atoms with van der Waals surface area (Å²) in [6, 6.07) is 0. The minimum Gasteiger partial charge on any atom is -0.338 e. The number of thiazole rings is 1. The van der Waals surface area contributed by atoms with Crippen molar-refractivity contribution >= 4 is 22.2 Å². The number of nitrogens with zero attached hydrogens (tertiary/aromatic N) is 5. The molecule has 0 saturated carbocycles. The summed E-state index contributed by atoms with van der Waals surface area (Å²) in [5.74, 6) is 1.43. The molecule has 1 aliphatic heterocycles. The fourth-order valence-electron chi connectivity index (χ4n) is 3.53. The van der Waals surface area contributed by atoms with Gasteiger partial charge in [-0.2, -0.15) is 0 Å². The molecule has 1 aliphatic rings. The van der Waals surface area contributed by atoms with E-state index in [1.54, 1.807) is 16.5 Å². The van der Waals surface area contributed by atoms with Crippen LogP contribution in [0.15, 0.2) is 35.0 Å². The van der Waals surface area contributed by atoms with Gasteiger partial charge in [-0.15, -0.1) is 11.3 Å². The standard InChI is InChI=1S/C18H21N5O2S/c1-13-19-5-9-21(13)6-2-14-3-7-22(8-4-14)16(24)15-12-20-18-23(17(15)25)10-11-26-18/h5,9-12,14H,2-4,6-8H2,1H3. The third kappa shape index (κ3) is 3.16. The predicted octanol–water partition coefficient (Wildman–Crippen LogP) is 2.20. The van der Waals surface area contributed by atoms with E-state index in [1.807, 2.05) is 19.3 Å². The lowest BCUT2D eigenvalue weighted by Gasteiger charge is -2.32. The Morgan fingerprint density at radius 1 is 1.27 bits per heavy atom. The lowest BCUT2D eigenvalue weighted by atomic mass is 9.93. The molecule has 1 saturated heterocycles. The number of carbonyl (C=O) groups is 1. The largest absolute Gasteiger partial charge is 0.338 e. The summed E-state index contributed by atoms with van der Waals surface area (Å²) < 4.78 is 3.61. The molecule has 3 aromatic rings. The Kier molecular flexibility index (Phi) is 4.58. The Morgan fingerprint density at radius 3 is 2.81 bits per heavy atom. The summed E-state index contributed by atoms with van der Waals surface area (Å²) in [6.45, 7) is 4.36. The van der Waals surface area contributed by atoms with Gasteiger partial charge >= 0.3 is 0 Å². The fraction of sp³-hybridized carbons (Fsp3) is 0.444. The molecular formula is C18H21N5O2S. The summed E-state index contributed by atoms with van der Waals surface area (Å²) in [5, 5.41) is 1.80. The predicted molar refractivity (Wildman–Crippen MR) is 99.5 cm³/mol. The lowest BCUT2D eigenvalue weighted by Crippen LogP contribution is -2.41. The first-order valence-electron chi connectivity index (χ1n) is 8.85. The van der Waals surface area contributed by atoms with Crippen molar-refractivity contribution < 1.29 is 4.79 Å². The van der Waals surface area contributed by atoms with Crippen molar-refractivity contribution in [1.82, 2.24) is 23.8 Å². The molecule has 1 amide bonds. The van der Waals surface area contributed by atoms with Crippen LogP contribution in [0, 0.1) is 12.8 Å². The number of aryl methyl sites for hydroxylation is 2. The summed E-state index contributed by atoms with van der Waals surface area (Å²) in [4.78, 5) is 36.1. The lowest BCUT2D eigenvalue weighted by molar-refractivity contribution is 0.0682. The van der Waals surface area contributed by atoms with Gasteiger partial charge in [0.2, 0.25) is 0 Å². The first-order valence-corrected chi connectivity index (χ1v) is 9.73. The number of imidazole rings is 1. The number of hydrogen-bond acceptors (Lipinski definition) is 5. The van der Waals surface area contributed by atoms with Crippen molar-refractivity contribution in [2.45, 2.75) is 32.7 Å². The zero-order valence-electron chi connectivity index (χ0n) is 14.7. The Labute approximate surface area is 154 Å². The summed E-state index contributed by atoms with van der Waals surface area (Å²) in [7, 11) is 0. The average Bonchev–Trinajstić information content (AvgIpc) is 3.29. The molecule has 8 heteroatoms. The van der Waals surface area contributed by atoms with Gasteiger partial charge in [0.1, 0.15) is 11.4 Å².